The van der Waals surface area contributed by atoms with Crippen LogP contribution in [-0.2, 0) is 17.8 Å². The van der Waals surface area contributed by atoms with E-state index >= 15 is 0 Å². The van der Waals surface area contributed by atoms with Gasteiger partial charge in [-0.2, -0.15) is 4.98 Å². The summed E-state index contributed by atoms with van der Waals surface area (Å²) in [5.74, 6) is -0.939. The van der Waals surface area contributed by atoms with Gasteiger partial charge in [0.2, 0.25) is 0 Å². The summed E-state index contributed by atoms with van der Waals surface area (Å²) in [7, 11) is 0. The normalized spacial score (nSPS) is 10.6. The minimum Gasteiger partial charge on any atom is -0.481 e. The zero-order valence-electron chi connectivity index (χ0n) is 12.3. The fourth-order valence-electron chi connectivity index (χ4n) is 2.27. The van der Waals surface area contributed by atoms with E-state index in [2.05, 4.69) is 9.97 Å². The highest BCUT2D eigenvalue weighted by molar-refractivity contribution is 5.70. The first-order valence-corrected chi connectivity index (χ1v) is 6.58. The van der Waals surface area contributed by atoms with Gasteiger partial charge in [-0.3, -0.25) is 14.3 Å². The molecule has 0 bridgehead atoms. The first-order chi connectivity index (χ1) is 9.90. The van der Waals surface area contributed by atoms with E-state index in [0.29, 0.717) is 23.5 Å². The van der Waals surface area contributed by atoms with Crippen LogP contribution >= 0.6 is 0 Å². The predicted molar refractivity (Wildman–Crippen MR) is 77.4 cm³/mol. The van der Waals surface area contributed by atoms with Crippen molar-refractivity contribution < 1.29 is 9.90 Å². The molecule has 6 heteroatoms. The standard InChI is InChI=1S/C15H17N3O3/c1-9-4-5-16-7-12(9)8-18-11(3)13(6-14(19)20)10(2)17-15(18)21/h4-5,7H,6,8H2,1-3H3,(H,19,20). The van der Waals surface area contributed by atoms with E-state index in [1.54, 1.807) is 26.2 Å². The highest BCUT2D eigenvalue weighted by Crippen LogP contribution is 2.13. The van der Waals surface area contributed by atoms with Crippen LogP contribution in [0.5, 0.6) is 0 Å². The predicted octanol–water partition coefficient (Wildman–Crippen LogP) is 1.24. The summed E-state index contributed by atoms with van der Waals surface area (Å²) in [6.07, 6.45) is 3.26. The van der Waals surface area contributed by atoms with E-state index in [1.807, 2.05) is 13.0 Å². The van der Waals surface area contributed by atoms with Gasteiger partial charge >= 0.3 is 11.7 Å². The van der Waals surface area contributed by atoms with E-state index < -0.39 is 5.97 Å². The number of aromatic nitrogens is 3. The van der Waals surface area contributed by atoms with Gasteiger partial charge in [0.1, 0.15) is 0 Å². The zero-order valence-corrected chi connectivity index (χ0v) is 12.3. The maximum Gasteiger partial charge on any atom is 0.348 e. The van der Waals surface area contributed by atoms with Crippen molar-refractivity contribution in [1.29, 1.82) is 0 Å². The van der Waals surface area contributed by atoms with E-state index in [9.17, 15) is 9.59 Å². The van der Waals surface area contributed by atoms with Gasteiger partial charge in [0.05, 0.1) is 13.0 Å². The Hall–Kier alpha value is -2.50. The summed E-state index contributed by atoms with van der Waals surface area (Å²) in [5, 5.41) is 8.98. The lowest BCUT2D eigenvalue weighted by Crippen LogP contribution is -2.29. The lowest BCUT2D eigenvalue weighted by atomic mass is 10.1. The van der Waals surface area contributed by atoms with E-state index in [-0.39, 0.29) is 12.1 Å². The Morgan fingerprint density at radius 3 is 2.67 bits per heavy atom. The van der Waals surface area contributed by atoms with Crippen molar-refractivity contribution in [2.45, 2.75) is 33.7 Å². The van der Waals surface area contributed by atoms with Crippen LogP contribution in [0.25, 0.3) is 0 Å². The van der Waals surface area contributed by atoms with Crippen LogP contribution in [0.2, 0.25) is 0 Å². The maximum atomic E-state index is 12.1. The van der Waals surface area contributed by atoms with Crippen LogP contribution in [0.4, 0.5) is 0 Å². The fraction of sp³-hybridized carbons (Fsp3) is 0.333. The highest BCUT2D eigenvalue weighted by atomic mass is 16.4. The molecule has 0 amide bonds. The molecule has 0 aliphatic heterocycles. The summed E-state index contributed by atoms with van der Waals surface area (Å²) < 4.78 is 1.50. The Morgan fingerprint density at radius 2 is 2.05 bits per heavy atom. The van der Waals surface area contributed by atoms with E-state index in [1.165, 1.54) is 4.57 Å². The number of rotatable bonds is 4. The molecular formula is C15H17N3O3. The van der Waals surface area contributed by atoms with Crippen molar-refractivity contribution in [2.75, 3.05) is 0 Å². The third-order valence-corrected chi connectivity index (χ3v) is 3.58. The van der Waals surface area contributed by atoms with Crippen LogP contribution in [-0.4, -0.2) is 25.6 Å². The number of carboxylic acid groups (broad SMARTS) is 1. The van der Waals surface area contributed by atoms with Gasteiger partial charge in [-0.1, -0.05) is 0 Å². The molecule has 0 aliphatic rings. The largest absolute Gasteiger partial charge is 0.481 e. The molecule has 0 atom stereocenters. The third kappa shape index (κ3) is 3.16. The molecule has 0 radical (unpaired) electrons. The van der Waals surface area contributed by atoms with Crippen LogP contribution in [0.3, 0.4) is 0 Å². The van der Waals surface area contributed by atoms with Crippen molar-refractivity contribution in [2.24, 2.45) is 0 Å². The molecular weight excluding hydrogens is 270 g/mol. The molecule has 110 valence electrons. The zero-order chi connectivity index (χ0) is 15.6. The first kappa shape index (κ1) is 14.9. The van der Waals surface area contributed by atoms with Crippen molar-refractivity contribution in [3.63, 3.8) is 0 Å². The van der Waals surface area contributed by atoms with Gasteiger partial charge in [0.25, 0.3) is 0 Å². The molecule has 0 aromatic carbocycles. The van der Waals surface area contributed by atoms with Gasteiger partial charge in [0, 0.05) is 29.3 Å². The molecule has 0 fully saturated rings. The Labute approximate surface area is 122 Å². The topological polar surface area (TPSA) is 85.1 Å². The Kier molecular flexibility index (Phi) is 4.16. The molecule has 6 nitrogen and oxygen atoms in total. The minimum atomic E-state index is -0.939. The number of aryl methyl sites for hydroxylation is 2. The summed E-state index contributed by atoms with van der Waals surface area (Å²) >= 11 is 0. The number of hydrogen-bond acceptors (Lipinski definition) is 4. The number of aliphatic carboxylic acids is 1. The van der Waals surface area contributed by atoms with Gasteiger partial charge in [-0.15, -0.1) is 0 Å². The average Bonchev–Trinajstić information content (AvgIpc) is 2.41. The van der Waals surface area contributed by atoms with Gasteiger partial charge in [-0.05, 0) is 38.0 Å². The van der Waals surface area contributed by atoms with Gasteiger partial charge in [0.15, 0.2) is 0 Å². The smallest absolute Gasteiger partial charge is 0.348 e. The van der Waals surface area contributed by atoms with E-state index in [0.717, 1.165) is 11.1 Å². The average molecular weight is 287 g/mol. The van der Waals surface area contributed by atoms with E-state index in [4.69, 9.17) is 5.11 Å². The number of pyridine rings is 1. The SMILES string of the molecule is Cc1ccncc1Cn1c(C)c(CC(=O)O)c(C)nc1=O. The molecule has 0 aliphatic carbocycles. The highest BCUT2D eigenvalue weighted by Gasteiger charge is 2.14. The maximum absolute atomic E-state index is 12.1. The second-order valence-electron chi connectivity index (χ2n) is 5.00. The number of hydrogen-bond donors (Lipinski definition) is 1. The van der Waals surface area contributed by atoms with Gasteiger partial charge < -0.3 is 5.11 Å². The molecule has 1 N–H and O–H groups in total. The quantitative estimate of drug-likeness (QED) is 0.914. The van der Waals surface area contributed by atoms with Crippen molar-refractivity contribution in [1.82, 2.24) is 14.5 Å². The van der Waals surface area contributed by atoms with Crippen molar-refractivity contribution in [3.8, 4) is 0 Å². The van der Waals surface area contributed by atoms with Crippen LogP contribution in [0, 0.1) is 20.8 Å². The number of carboxylic acids is 1. The lowest BCUT2D eigenvalue weighted by molar-refractivity contribution is -0.136. The molecule has 2 aromatic heterocycles. The minimum absolute atomic E-state index is 0.142. The molecule has 2 rings (SSSR count). The second-order valence-corrected chi connectivity index (χ2v) is 5.00. The Balaban J connectivity index is 2.51. The fourth-order valence-corrected chi connectivity index (χ4v) is 2.27. The molecule has 0 saturated carbocycles. The lowest BCUT2D eigenvalue weighted by Gasteiger charge is -2.15. The molecule has 21 heavy (non-hydrogen) atoms. The molecule has 0 unspecified atom stereocenters. The summed E-state index contributed by atoms with van der Waals surface area (Å²) in [4.78, 5) is 31.1. The third-order valence-electron chi connectivity index (χ3n) is 3.58. The molecule has 0 saturated heterocycles. The van der Waals surface area contributed by atoms with Gasteiger partial charge in [-0.25, -0.2) is 4.79 Å². The summed E-state index contributed by atoms with van der Waals surface area (Å²) in [6, 6.07) is 1.87. The Morgan fingerprint density at radius 1 is 1.33 bits per heavy atom. The molecule has 0 spiro atoms. The molecule has 2 heterocycles. The van der Waals surface area contributed by atoms with Crippen LogP contribution in [0.1, 0.15) is 28.1 Å². The monoisotopic (exact) mass is 287 g/mol. The van der Waals surface area contributed by atoms with Crippen LogP contribution < -0.4 is 5.69 Å². The van der Waals surface area contributed by atoms with Crippen molar-refractivity contribution in [3.05, 3.63) is 57.0 Å². The number of nitrogens with zero attached hydrogens (tertiary/aromatic N) is 3. The van der Waals surface area contributed by atoms with Crippen LogP contribution in [0.15, 0.2) is 23.3 Å². The van der Waals surface area contributed by atoms with Crippen molar-refractivity contribution >= 4 is 5.97 Å². The summed E-state index contributed by atoms with van der Waals surface area (Å²) in [6.45, 7) is 5.69. The second kappa shape index (κ2) is 5.87. The molecule has 2 aromatic rings. The number of carbonyl (C=O) groups is 1. The first-order valence-electron chi connectivity index (χ1n) is 6.58. The Bertz CT molecular complexity index is 750. The summed E-state index contributed by atoms with van der Waals surface area (Å²) in [5.41, 5.74) is 3.26.